The van der Waals surface area contributed by atoms with Gasteiger partial charge in [0.15, 0.2) is 0 Å². The molecule has 0 saturated carbocycles. The van der Waals surface area contributed by atoms with E-state index in [0.29, 0.717) is 16.6 Å². The molecule has 5 heteroatoms. The van der Waals surface area contributed by atoms with Crippen LogP contribution in [0.4, 0.5) is 5.69 Å². The molecule has 4 nitrogen and oxygen atoms in total. The van der Waals surface area contributed by atoms with Crippen molar-refractivity contribution in [2.75, 3.05) is 5.32 Å². The monoisotopic (exact) mass is 348 g/mol. The van der Waals surface area contributed by atoms with Crippen molar-refractivity contribution in [2.45, 2.75) is 19.3 Å². The first-order valence-corrected chi connectivity index (χ1v) is 7.54. The predicted octanol–water partition coefficient (Wildman–Crippen LogP) is 3.28. The van der Waals surface area contributed by atoms with Gasteiger partial charge in [-0.05, 0) is 34.0 Å². The third-order valence-electron chi connectivity index (χ3n) is 3.33. The SMILES string of the molecule is CC[C@H](C(=O)Nc1cc(Br)c(=O)n(C)c1)c1ccccc1. The summed E-state index contributed by atoms with van der Waals surface area (Å²) in [6.07, 6.45) is 2.32. The molecule has 2 rings (SSSR count). The van der Waals surface area contributed by atoms with E-state index in [0.717, 1.165) is 5.56 Å². The van der Waals surface area contributed by atoms with Gasteiger partial charge in [-0.15, -0.1) is 0 Å². The number of rotatable bonds is 4. The molecule has 1 amide bonds. The molecule has 110 valence electrons. The highest BCUT2D eigenvalue weighted by atomic mass is 79.9. The van der Waals surface area contributed by atoms with Gasteiger partial charge < -0.3 is 9.88 Å². The summed E-state index contributed by atoms with van der Waals surface area (Å²) in [5.41, 5.74) is 1.45. The topological polar surface area (TPSA) is 51.1 Å². The van der Waals surface area contributed by atoms with E-state index >= 15 is 0 Å². The van der Waals surface area contributed by atoms with Gasteiger partial charge in [-0.25, -0.2) is 0 Å². The minimum absolute atomic E-state index is 0.0748. The van der Waals surface area contributed by atoms with Crippen LogP contribution in [0.2, 0.25) is 0 Å². The van der Waals surface area contributed by atoms with E-state index in [9.17, 15) is 9.59 Å². The van der Waals surface area contributed by atoms with Gasteiger partial charge in [0.25, 0.3) is 5.56 Å². The Bertz CT molecular complexity index is 669. The molecule has 0 unspecified atom stereocenters. The van der Waals surface area contributed by atoms with Crippen LogP contribution in [0.25, 0.3) is 0 Å². The Morgan fingerprint density at radius 2 is 2.00 bits per heavy atom. The third-order valence-corrected chi connectivity index (χ3v) is 3.90. The molecule has 1 heterocycles. The van der Waals surface area contributed by atoms with Gasteiger partial charge in [0.2, 0.25) is 5.91 Å². The van der Waals surface area contributed by atoms with Crippen LogP contribution >= 0.6 is 15.9 Å². The van der Waals surface area contributed by atoms with Crippen molar-refractivity contribution in [2.24, 2.45) is 7.05 Å². The quantitative estimate of drug-likeness (QED) is 0.921. The maximum Gasteiger partial charge on any atom is 0.264 e. The number of carbonyl (C=O) groups is 1. The van der Waals surface area contributed by atoms with E-state index in [1.54, 1.807) is 19.3 Å². The van der Waals surface area contributed by atoms with Crippen LogP contribution in [0.15, 0.2) is 51.9 Å². The molecular formula is C16H17BrN2O2. The van der Waals surface area contributed by atoms with Gasteiger partial charge in [0, 0.05) is 13.2 Å². The summed E-state index contributed by atoms with van der Waals surface area (Å²) in [5.74, 6) is -0.281. The van der Waals surface area contributed by atoms with Gasteiger partial charge in [-0.1, -0.05) is 37.3 Å². The molecule has 21 heavy (non-hydrogen) atoms. The van der Waals surface area contributed by atoms with E-state index in [2.05, 4.69) is 21.2 Å². The zero-order valence-corrected chi connectivity index (χ0v) is 13.6. The van der Waals surface area contributed by atoms with Gasteiger partial charge in [-0.2, -0.15) is 0 Å². The first-order chi connectivity index (χ1) is 10.0. The highest BCUT2D eigenvalue weighted by Crippen LogP contribution is 2.22. The predicted molar refractivity (Wildman–Crippen MR) is 87.5 cm³/mol. The summed E-state index contributed by atoms with van der Waals surface area (Å²) in [6, 6.07) is 11.3. The Labute approximate surface area is 131 Å². The Morgan fingerprint density at radius 3 is 2.57 bits per heavy atom. The lowest BCUT2D eigenvalue weighted by atomic mass is 9.95. The van der Waals surface area contributed by atoms with E-state index in [-0.39, 0.29) is 17.4 Å². The molecule has 0 bridgehead atoms. The largest absolute Gasteiger partial charge is 0.324 e. The van der Waals surface area contributed by atoms with E-state index in [4.69, 9.17) is 0 Å². The summed E-state index contributed by atoms with van der Waals surface area (Å²) in [5, 5.41) is 2.87. The maximum atomic E-state index is 12.4. The van der Waals surface area contributed by atoms with Crippen LogP contribution in [0, 0.1) is 0 Å². The second kappa shape index (κ2) is 6.72. The fraction of sp³-hybridized carbons (Fsp3) is 0.250. The maximum absolute atomic E-state index is 12.4. The summed E-state index contributed by atoms with van der Waals surface area (Å²) in [4.78, 5) is 24.1. The molecule has 0 aliphatic carbocycles. The van der Waals surface area contributed by atoms with Gasteiger partial charge >= 0.3 is 0 Å². The van der Waals surface area contributed by atoms with Crippen molar-refractivity contribution in [3.8, 4) is 0 Å². The average molecular weight is 349 g/mol. The minimum Gasteiger partial charge on any atom is -0.324 e. The summed E-state index contributed by atoms with van der Waals surface area (Å²) < 4.78 is 1.86. The van der Waals surface area contributed by atoms with Crippen LogP contribution < -0.4 is 10.9 Å². The number of nitrogens with zero attached hydrogens (tertiary/aromatic N) is 1. The fourth-order valence-electron chi connectivity index (χ4n) is 2.23. The van der Waals surface area contributed by atoms with Crippen molar-refractivity contribution in [1.29, 1.82) is 0 Å². The van der Waals surface area contributed by atoms with Gasteiger partial charge in [0.1, 0.15) is 0 Å². The summed E-state index contributed by atoms with van der Waals surface area (Å²) in [6.45, 7) is 1.98. The first kappa shape index (κ1) is 15.5. The number of aryl methyl sites for hydroxylation is 1. The molecule has 2 aromatic rings. The number of pyridine rings is 1. The molecule has 0 saturated heterocycles. The Hall–Kier alpha value is -1.88. The first-order valence-electron chi connectivity index (χ1n) is 6.75. The van der Waals surface area contributed by atoms with Crippen LogP contribution in [0.1, 0.15) is 24.8 Å². The number of halogens is 1. The lowest BCUT2D eigenvalue weighted by Crippen LogP contribution is -2.23. The average Bonchev–Trinajstić information content (AvgIpc) is 2.46. The standard InChI is InChI=1S/C16H17BrN2O2/c1-3-13(11-7-5-4-6-8-11)15(20)18-12-9-14(17)16(21)19(2)10-12/h4-10,13H,3H2,1-2H3,(H,18,20)/t13-/m0/s1. The van der Waals surface area contributed by atoms with E-state index in [1.165, 1.54) is 4.57 Å². The zero-order chi connectivity index (χ0) is 15.4. The fourth-order valence-corrected chi connectivity index (χ4v) is 2.75. The second-order valence-electron chi connectivity index (χ2n) is 4.85. The van der Waals surface area contributed by atoms with Crippen molar-refractivity contribution in [1.82, 2.24) is 4.57 Å². The number of nitrogens with one attached hydrogen (secondary N) is 1. The smallest absolute Gasteiger partial charge is 0.264 e. The summed E-state index contributed by atoms with van der Waals surface area (Å²) >= 11 is 3.20. The minimum atomic E-state index is -0.206. The molecule has 0 radical (unpaired) electrons. The van der Waals surface area contributed by atoms with Crippen LogP contribution in [-0.2, 0) is 11.8 Å². The lowest BCUT2D eigenvalue weighted by Gasteiger charge is -2.16. The van der Waals surface area contributed by atoms with Crippen LogP contribution in [0.3, 0.4) is 0 Å². The number of hydrogen-bond donors (Lipinski definition) is 1. The highest BCUT2D eigenvalue weighted by Gasteiger charge is 2.18. The molecule has 1 aromatic carbocycles. The normalized spacial score (nSPS) is 12.0. The van der Waals surface area contributed by atoms with Crippen molar-refractivity contribution < 1.29 is 4.79 Å². The lowest BCUT2D eigenvalue weighted by molar-refractivity contribution is -0.117. The van der Waals surface area contributed by atoms with Crippen LogP contribution in [-0.4, -0.2) is 10.5 Å². The Kier molecular flexibility index (Phi) is 4.96. The van der Waals surface area contributed by atoms with Crippen LogP contribution in [0.5, 0.6) is 0 Å². The number of amides is 1. The Balaban J connectivity index is 2.23. The Morgan fingerprint density at radius 1 is 1.33 bits per heavy atom. The van der Waals surface area contributed by atoms with E-state index < -0.39 is 0 Å². The van der Waals surface area contributed by atoms with Crippen molar-refractivity contribution in [3.05, 3.63) is 63.0 Å². The third kappa shape index (κ3) is 3.61. The molecule has 1 N–H and O–H groups in total. The van der Waals surface area contributed by atoms with E-state index in [1.807, 2.05) is 37.3 Å². The molecular weight excluding hydrogens is 332 g/mol. The molecule has 1 aromatic heterocycles. The number of carbonyl (C=O) groups excluding carboxylic acids is 1. The number of aromatic nitrogens is 1. The van der Waals surface area contributed by atoms with Crippen molar-refractivity contribution >= 4 is 27.5 Å². The second-order valence-corrected chi connectivity index (χ2v) is 5.71. The number of benzene rings is 1. The molecule has 1 atom stereocenters. The van der Waals surface area contributed by atoms with Crippen molar-refractivity contribution in [3.63, 3.8) is 0 Å². The highest BCUT2D eigenvalue weighted by molar-refractivity contribution is 9.10. The molecule has 0 fully saturated rings. The number of hydrogen-bond acceptors (Lipinski definition) is 2. The van der Waals surface area contributed by atoms with Gasteiger partial charge in [-0.3, -0.25) is 9.59 Å². The molecule has 0 aliphatic rings. The number of anilines is 1. The molecule has 0 aliphatic heterocycles. The molecule has 0 spiro atoms. The van der Waals surface area contributed by atoms with Gasteiger partial charge in [0.05, 0.1) is 16.1 Å². The summed E-state index contributed by atoms with van der Waals surface area (Å²) in [7, 11) is 1.65. The zero-order valence-electron chi connectivity index (χ0n) is 12.0.